The third-order valence-corrected chi connectivity index (χ3v) is 12.3. The van der Waals surface area contributed by atoms with Crippen LogP contribution in [-0.4, -0.2) is 69.0 Å². The average molecular weight is 737 g/mol. The quantitative estimate of drug-likeness (QED) is 0.111. The van der Waals surface area contributed by atoms with Gasteiger partial charge in [-0.2, -0.15) is 0 Å². The van der Waals surface area contributed by atoms with Crippen molar-refractivity contribution in [3.05, 3.63) is 108 Å². The largest absolute Gasteiger partial charge is 0.458 e. The lowest BCUT2D eigenvalue weighted by atomic mass is 9.46. The van der Waals surface area contributed by atoms with Gasteiger partial charge in [-0.05, 0) is 66.5 Å². The molecule has 7 rings (SSSR count). The second-order valence-electron chi connectivity index (χ2n) is 15.4. The number of aromatic nitrogens is 1. The van der Waals surface area contributed by atoms with Crippen molar-refractivity contribution in [1.82, 2.24) is 10.3 Å². The number of cyclic esters (lactones) is 1. The molecule has 2 aromatic carbocycles. The molecular formula is C43H48N2O9. The molecule has 1 aromatic heterocycles. The van der Waals surface area contributed by atoms with Crippen LogP contribution in [0.15, 0.2) is 96.7 Å². The molecule has 11 heteroatoms. The molecule has 3 aliphatic carbocycles. The van der Waals surface area contributed by atoms with Gasteiger partial charge in [-0.1, -0.05) is 86.7 Å². The van der Waals surface area contributed by atoms with Gasteiger partial charge in [0.25, 0.3) is 0 Å². The molecule has 12 atom stereocenters. The van der Waals surface area contributed by atoms with E-state index in [4.69, 9.17) is 14.2 Å². The fourth-order valence-electron chi connectivity index (χ4n) is 9.66. The number of H-pyrrole nitrogens is 1. The number of hydrogen-bond donors (Lipinski definition) is 4. The van der Waals surface area contributed by atoms with Crippen LogP contribution in [0.25, 0.3) is 11.1 Å². The predicted octanol–water partition coefficient (Wildman–Crippen LogP) is 5.15. The van der Waals surface area contributed by atoms with Gasteiger partial charge in [0.15, 0.2) is 0 Å². The molecule has 0 spiro atoms. The molecule has 4 aliphatic rings. The van der Waals surface area contributed by atoms with Crippen LogP contribution in [0.4, 0.5) is 0 Å². The highest BCUT2D eigenvalue weighted by Gasteiger charge is 2.70. The van der Waals surface area contributed by atoms with E-state index in [-0.39, 0.29) is 49.0 Å². The van der Waals surface area contributed by atoms with E-state index in [1.54, 1.807) is 25.3 Å². The Kier molecular flexibility index (Phi) is 10.4. The van der Waals surface area contributed by atoms with E-state index < -0.39 is 65.7 Å². The summed E-state index contributed by atoms with van der Waals surface area (Å²) in [6.07, 6.45) is 4.49. The van der Waals surface area contributed by atoms with Gasteiger partial charge < -0.3 is 34.7 Å². The molecule has 0 radical (unpaired) electrons. The number of carbonyl (C=O) groups is 4. The van der Waals surface area contributed by atoms with Gasteiger partial charge in [0.05, 0.1) is 11.7 Å². The summed E-state index contributed by atoms with van der Waals surface area (Å²) in [5.41, 5.74) is 2.31. The topological polar surface area (TPSA) is 164 Å². The molecule has 2 saturated carbocycles. The molecule has 284 valence electrons. The third kappa shape index (κ3) is 6.68. The summed E-state index contributed by atoms with van der Waals surface area (Å²) < 4.78 is 17.5. The lowest BCUT2D eigenvalue weighted by Gasteiger charge is -2.61. The third-order valence-electron chi connectivity index (χ3n) is 12.3. The summed E-state index contributed by atoms with van der Waals surface area (Å²) >= 11 is 0. The molecule has 2 heterocycles. The van der Waals surface area contributed by atoms with E-state index in [9.17, 15) is 29.4 Å². The Morgan fingerprint density at radius 3 is 2.50 bits per heavy atom. The van der Waals surface area contributed by atoms with Gasteiger partial charge in [-0.25, -0.2) is 9.59 Å². The number of rotatable bonds is 7. The zero-order valence-corrected chi connectivity index (χ0v) is 30.9. The molecule has 1 aliphatic heterocycles. The zero-order valence-electron chi connectivity index (χ0n) is 30.9. The standard InChI is InChI=1S/C43H48N2O9/c1-23-21-24(2)43(51)29(16-18-31-34-35(36(31)43)37(47)25(3)39(34)54-41(49)32-15-10-20-44-32)17-19-33(46)53-38(23)26(4)52-42(50)40(48)45-22-28-13-8-9-14-30(28)27-11-6-5-7-12-27/h5-16,18,20-21,23,25-26,29,31,34-39,44,47,51H,17,19,22H2,1-4H3,(H,45,48)/b24-21+/t23-,25-,26-,29-,31?,34+,35?,36?,37-,38?,39-,43+/m1/s1. The summed E-state index contributed by atoms with van der Waals surface area (Å²) in [6.45, 7) is 7.22. The maximum Gasteiger partial charge on any atom is 0.397 e. The average Bonchev–Trinajstić information content (AvgIpc) is 3.77. The Labute approximate surface area is 314 Å². The maximum absolute atomic E-state index is 13.3. The van der Waals surface area contributed by atoms with Crippen molar-refractivity contribution >= 4 is 23.8 Å². The lowest BCUT2D eigenvalue weighted by molar-refractivity contribution is -0.180. The van der Waals surface area contributed by atoms with Crippen molar-refractivity contribution in [3.63, 3.8) is 0 Å². The minimum Gasteiger partial charge on any atom is -0.458 e. The summed E-state index contributed by atoms with van der Waals surface area (Å²) in [6, 6.07) is 20.7. The number of aliphatic hydroxyl groups excluding tert-OH is 1. The van der Waals surface area contributed by atoms with Gasteiger partial charge in [-0.15, -0.1) is 0 Å². The van der Waals surface area contributed by atoms with Crippen LogP contribution in [0.5, 0.6) is 0 Å². The second kappa shape index (κ2) is 15.0. The SMILES string of the molecule is C/C1=C\[C@@H](C)C([C@@H](C)OC(=O)C(=O)NCc2ccccc2-c2ccccc2)OC(=O)CC[C@H]2C=CC3C(C4[C@H]3[C@H](OC(=O)c3ccc[nH]3)[C@H](C)[C@H]4O)[C@]12O. The van der Waals surface area contributed by atoms with Crippen molar-refractivity contribution < 1.29 is 43.6 Å². The summed E-state index contributed by atoms with van der Waals surface area (Å²) in [4.78, 5) is 55.1. The molecule has 0 bridgehead atoms. The number of esters is 3. The molecule has 11 nitrogen and oxygen atoms in total. The van der Waals surface area contributed by atoms with Crippen molar-refractivity contribution in [2.75, 3.05) is 0 Å². The number of aliphatic hydroxyl groups is 2. The van der Waals surface area contributed by atoms with Crippen molar-refractivity contribution in [1.29, 1.82) is 0 Å². The summed E-state index contributed by atoms with van der Waals surface area (Å²) in [5.74, 6) is -5.41. The Bertz CT molecular complexity index is 1940. The molecule has 3 aromatic rings. The Balaban J connectivity index is 1.06. The van der Waals surface area contributed by atoms with Crippen LogP contribution >= 0.6 is 0 Å². The minimum absolute atomic E-state index is 0.00336. The first-order chi connectivity index (χ1) is 25.9. The van der Waals surface area contributed by atoms with Crippen LogP contribution in [0.1, 0.15) is 56.6 Å². The van der Waals surface area contributed by atoms with Crippen LogP contribution in [0, 0.1) is 41.4 Å². The Hall–Kier alpha value is -5.00. The Morgan fingerprint density at radius 2 is 1.76 bits per heavy atom. The van der Waals surface area contributed by atoms with Crippen molar-refractivity contribution in [2.24, 2.45) is 41.4 Å². The first kappa shape index (κ1) is 37.3. The molecular weight excluding hydrogens is 688 g/mol. The van der Waals surface area contributed by atoms with Crippen LogP contribution < -0.4 is 5.32 Å². The molecule has 1 amide bonds. The molecule has 54 heavy (non-hydrogen) atoms. The first-order valence-electron chi connectivity index (χ1n) is 18.8. The smallest absolute Gasteiger partial charge is 0.397 e. The highest BCUT2D eigenvalue weighted by Crippen LogP contribution is 2.66. The van der Waals surface area contributed by atoms with Crippen molar-refractivity contribution in [3.8, 4) is 11.1 Å². The fourth-order valence-corrected chi connectivity index (χ4v) is 9.66. The molecule has 4 N–H and O–H groups in total. The number of fused-ring (bicyclic) bond motifs is 6. The van der Waals surface area contributed by atoms with Gasteiger partial charge >= 0.3 is 23.8 Å². The number of benzene rings is 2. The summed E-state index contributed by atoms with van der Waals surface area (Å²) in [5, 5.41) is 27.0. The van der Waals surface area contributed by atoms with E-state index >= 15 is 0 Å². The minimum atomic E-state index is -1.41. The van der Waals surface area contributed by atoms with E-state index in [2.05, 4.69) is 16.4 Å². The van der Waals surface area contributed by atoms with Crippen LogP contribution in [0.2, 0.25) is 0 Å². The van der Waals surface area contributed by atoms with Crippen LogP contribution in [-0.2, 0) is 35.1 Å². The molecule has 0 saturated heterocycles. The van der Waals surface area contributed by atoms with Gasteiger partial charge in [-0.3, -0.25) is 9.59 Å². The number of aromatic amines is 1. The monoisotopic (exact) mass is 736 g/mol. The maximum atomic E-state index is 13.3. The predicted molar refractivity (Wildman–Crippen MR) is 198 cm³/mol. The number of carbonyl (C=O) groups excluding carboxylic acids is 4. The second-order valence-corrected chi connectivity index (χ2v) is 15.4. The van der Waals surface area contributed by atoms with Crippen LogP contribution in [0.3, 0.4) is 0 Å². The molecule has 2 fully saturated rings. The van der Waals surface area contributed by atoms with Gasteiger partial charge in [0, 0.05) is 48.8 Å². The number of nitrogens with one attached hydrogen (secondary N) is 2. The molecule has 4 unspecified atom stereocenters. The number of ether oxygens (including phenoxy) is 3. The summed E-state index contributed by atoms with van der Waals surface area (Å²) in [7, 11) is 0. The number of allylic oxidation sites excluding steroid dienone is 1. The zero-order chi connectivity index (χ0) is 38.3. The Morgan fingerprint density at radius 1 is 1.02 bits per heavy atom. The first-order valence-corrected chi connectivity index (χ1v) is 18.8. The van der Waals surface area contributed by atoms with E-state index in [1.165, 1.54) is 0 Å². The van der Waals surface area contributed by atoms with E-state index in [0.29, 0.717) is 11.3 Å². The highest BCUT2D eigenvalue weighted by atomic mass is 16.6. The lowest BCUT2D eigenvalue weighted by Crippen LogP contribution is -2.64. The normalized spacial score (nSPS) is 34.3. The fraction of sp³-hybridized carbons (Fsp3) is 0.442. The van der Waals surface area contributed by atoms with Gasteiger partial charge in [0.2, 0.25) is 0 Å². The highest BCUT2D eigenvalue weighted by molar-refractivity contribution is 6.32. The van der Waals surface area contributed by atoms with Gasteiger partial charge in [0.1, 0.15) is 24.0 Å². The van der Waals surface area contributed by atoms with E-state index in [1.807, 2.05) is 87.5 Å². The van der Waals surface area contributed by atoms with E-state index in [0.717, 1.165) is 16.7 Å². The number of amides is 1. The van der Waals surface area contributed by atoms with Crippen molar-refractivity contribution in [2.45, 2.75) is 77.1 Å². The number of hydrogen-bond acceptors (Lipinski definition) is 9.